The summed E-state index contributed by atoms with van der Waals surface area (Å²) in [5.41, 5.74) is 2.07. The summed E-state index contributed by atoms with van der Waals surface area (Å²) < 4.78 is 0. The van der Waals surface area contributed by atoms with Crippen molar-refractivity contribution >= 4 is 23.4 Å². The Morgan fingerprint density at radius 3 is 2.56 bits per heavy atom. The van der Waals surface area contributed by atoms with Crippen molar-refractivity contribution in [1.29, 1.82) is 0 Å². The molecule has 6 heteroatoms. The van der Waals surface area contributed by atoms with Gasteiger partial charge in [0.2, 0.25) is 17.7 Å². The predicted molar refractivity (Wildman–Crippen MR) is 95.2 cm³/mol. The van der Waals surface area contributed by atoms with Crippen LogP contribution in [0, 0.1) is 5.92 Å². The number of carbonyl (C=O) groups is 3. The summed E-state index contributed by atoms with van der Waals surface area (Å²) in [5, 5.41) is 2.77. The second-order valence-electron chi connectivity index (χ2n) is 7.08. The maximum absolute atomic E-state index is 12.7. The van der Waals surface area contributed by atoms with Crippen LogP contribution in [0.25, 0.3) is 0 Å². The molecule has 6 nitrogen and oxygen atoms in total. The van der Waals surface area contributed by atoms with Crippen molar-refractivity contribution in [3.05, 3.63) is 29.8 Å². The van der Waals surface area contributed by atoms with Crippen LogP contribution in [0.4, 0.5) is 5.69 Å². The summed E-state index contributed by atoms with van der Waals surface area (Å²) in [6, 6.07) is 7.98. The van der Waals surface area contributed by atoms with Gasteiger partial charge in [-0.3, -0.25) is 14.4 Å². The van der Waals surface area contributed by atoms with Crippen LogP contribution in [0.15, 0.2) is 24.3 Å². The van der Waals surface area contributed by atoms with E-state index in [1.165, 1.54) is 5.56 Å². The topological polar surface area (TPSA) is 69.7 Å². The number of hydrogen-bond acceptors (Lipinski definition) is 3. The number of amides is 3. The van der Waals surface area contributed by atoms with Crippen LogP contribution < -0.4 is 10.2 Å². The van der Waals surface area contributed by atoms with Crippen molar-refractivity contribution in [2.75, 3.05) is 31.1 Å². The molecule has 134 valence electrons. The lowest BCUT2D eigenvalue weighted by Gasteiger charge is -2.23. The molecule has 0 spiro atoms. The second kappa shape index (κ2) is 7.25. The van der Waals surface area contributed by atoms with Crippen molar-refractivity contribution in [3.63, 3.8) is 0 Å². The Morgan fingerprint density at radius 2 is 1.88 bits per heavy atom. The predicted octanol–water partition coefficient (Wildman–Crippen LogP) is 1.51. The van der Waals surface area contributed by atoms with E-state index in [-0.39, 0.29) is 30.1 Å². The van der Waals surface area contributed by atoms with E-state index in [1.54, 1.807) is 9.80 Å². The number of nitrogens with one attached hydrogen (secondary N) is 1. The molecule has 1 aromatic carbocycles. The van der Waals surface area contributed by atoms with Crippen LogP contribution >= 0.6 is 0 Å². The first kappa shape index (κ1) is 17.5. The highest BCUT2D eigenvalue weighted by Gasteiger charge is 2.37. The molecule has 25 heavy (non-hydrogen) atoms. The fourth-order valence-corrected chi connectivity index (χ4v) is 3.41. The molecule has 1 atom stereocenters. The number of anilines is 1. The van der Waals surface area contributed by atoms with E-state index in [0.29, 0.717) is 38.5 Å². The van der Waals surface area contributed by atoms with Crippen LogP contribution in [0.2, 0.25) is 0 Å². The molecule has 0 aliphatic carbocycles. The molecule has 2 heterocycles. The Kier molecular flexibility index (Phi) is 5.06. The molecular formula is C19H25N3O3. The van der Waals surface area contributed by atoms with Gasteiger partial charge < -0.3 is 15.1 Å². The van der Waals surface area contributed by atoms with Gasteiger partial charge in [0.25, 0.3) is 0 Å². The van der Waals surface area contributed by atoms with Crippen molar-refractivity contribution < 1.29 is 14.4 Å². The van der Waals surface area contributed by atoms with Crippen molar-refractivity contribution in [1.82, 2.24) is 10.2 Å². The lowest BCUT2D eigenvalue weighted by atomic mass is 10.0. The summed E-state index contributed by atoms with van der Waals surface area (Å²) in [7, 11) is 0. The highest BCUT2D eigenvalue weighted by atomic mass is 16.2. The van der Waals surface area contributed by atoms with E-state index >= 15 is 0 Å². The minimum Gasteiger partial charge on any atom is -0.354 e. The van der Waals surface area contributed by atoms with Crippen LogP contribution in [0.5, 0.6) is 0 Å². The Bertz CT molecular complexity index is 669. The Hall–Kier alpha value is -2.37. The fourth-order valence-electron chi connectivity index (χ4n) is 3.41. The highest BCUT2D eigenvalue weighted by molar-refractivity contribution is 6.00. The van der Waals surface area contributed by atoms with Gasteiger partial charge in [-0.05, 0) is 23.6 Å². The van der Waals surface area contributed by atoms with E-state index in [9.17, 15) is 14.4 Å². The lowest BCUT2D eigenvalue weighted by molar-refractivity contribution is -0.135. The van der Waals surface area contributed by atoms with Crippen molar-refractivity contribution in [2.45, 2.75) is 32.6 Å². The molecule has 0 bridgehead atoms. The molecule has 0 radical (unpaired) electrons. The summed E-state index contributed by atoms with van der Waals surface area (Å²) >= 11 is 0. The zero-order valence-corrected chi connectivity index (χ0v) is 14.8. The Labute approximate surface area is 148 Å². The summed E-state index contributed by atoms with van der Waals surface area (Å²) in [6.07, 6.45) is 0.565. The van der Waals surface area contributed by atoms with Crippen LogP contribution in [0.1, 0.15) is 38.2 Å². The van der Waals surface area contributed by atoms with Crippen LogP contribution in [0.3, 0.4) is 0 Å². The van der Waals surface area contributed by atoms with Crippen LogP contribution in [-0.2, 0) is 14.4 Å². The summed E-state index contributed by atoms with van der Waals surface area (Å²) in [6.45, 7) is 6.09. The smallest absolute Gasteiger partial charge is 0.228 e. The van der Waals surface area contributed by atoms with Crippen LogP contribution in [-0.4, -0.2) is 48.8 Å². The molecule has 1 N–H and O–H groups in total. The average Bonchev–Trinajstić information content (AvgIpc) is 2.85. The Balaban J connectivity index is 1.67. The molecule has 2 aliphatic heterocycles. The van der Waals surface area contributed by atoms with E-state index in [4.69, 9.17) is 0 Å². The Morgan fingerprint density at radius 1 is 1.16 bits per heavy atom. The lowest BCUT2D eigenvalue weighted by Crippen LogP contribution is -2.39. The third-order valence-electron chi connectivity index (χ3n) is 4.97. The van der Waals surface area contributed by atoms with Gasteiger partial charge in [0.05, 0.1) is 5.92 Å². The molecule has 3 amide bonds. The first-order valence-corrected chi connectivity index (χ1v) is 8.91. The summed E-state index contributed by atoms with van der Waals surface area (Å²) in [4.78, 5) is 40.0. The zero-order chi connectivity index (χ0) is 18.0. The third-order valence-corrected chi connectivity index (χ3v) is 4.97. The zero-order valence-electron chi connectivity index (χ0n) is 14.8. The quantitative estimate of drug-likeness (QED) is 0.904. The monoisotopic (exact) mass is 343 g/mol. The maximum Gasteiger partial charge on any atom is 0.228 e. The highest BCUT2D eigenvalue weighted by Crippen LogP contribution is 2.28. The number of benzene rings is 1. The van der Waals surface area contributed by atoms with Gasteiger partial charge in [0.1, 0.15) is 0 Å². The molecule has 0 saturated carbocycles. The number of hydrogen-bond donors (Lipinski definition) is 1. The van der Waals surface area contributed by atoms with Gasteiger partial charge in [0.15, 0.2) is 0 Å². The van der Waals surface area contributed by atoms with E-state index in [1.807, 2.05) is 24.3 Å². The van der Waals surface area contributed by atoms with Gasteiger partial charge in [-0.2, -0.15) is 0 Å². The molecule has 1 aromatic rings. The van der Waals surface area contributed by atoms with Gasteiger partial charge in [0, 0.05) is 44.7 Å². The SMILES string of the molecule is CC(C)c1ccc(N2CC(C(=O)N3CCNC(=O)CC3)CC2=O)cc1. The second-order valence-corrected chi connectivity index (χ2v) is 7.08. The van der Waals surface area contributed by atoms with E-state index < -0.39 is 0 Å². The normalized spacial score (nSPS) is 21.5. The molecule has 3 rings (SSSR count). The average molecular weight is 343 g/mol. The first-order valence-electron chi connectivity index (χ1n) is 8.91. The minimum absolute atomic E-state index is 0.0142. The largest absolute Gasteiger partial charge is 0.354 e. The van der Waals surface area contributed by atoms with E-state index in [2.05, 4.69) is 19.2 Å². The van der Waals surface area contributed by atoms with Gasteiger partial charge in [-0.25, -0.2) is 0 Å². The fraction of sp³-hybridized carbons (Fsp3) is 0.526. The molecular weight excluding hydrogens is 318 g/mol. The number of rotatable bonds is 3. The van der Waals surface area contributed by atoms with Crippen molar-refractivity contribution in [3.8, 4) is 0 Å². The maximum atomic E-state index is 12.7. The molecule has 2 aliphatic rings. The van der Waals surface area contributed by atoms with E-state index in [0.717, 1.165) is 5.69 Å². The standard InChI is InChI=1S/C19H25N3O3/c1-13(2)14-3-5-16(6-4-14)22-12-15(11-18(22)24)19(25)21-9-7-17(23)20-8-10-21/h3-6,13,15H,7-12H2,1-2H3,(H,20,23). The minimum atomic E-state index is -0.328. The van der Waals surface area contributed by atoms with Gasteiger partial charge in [-0.1, -0.05) is 26.0 Å². The molecule has 2 saturated heterocycles. The number of carbonyl (C=O) groups excluding carboxylic acids is 3. The van der Waals surface area contributed by atoms with Gasteiger partial charge in [-0.15, -0.1) is 0 Å². The van der Waals surface area contributed by atoms with Gasteiger partial charge >= 0.3 is 0 Å². The third kappa shape index (κ3) is 3.83. The molecule has 2 fully saturated rings. The number of nitrogens with zero attached hydrogens (tertiary/aromatic N) is 2. The first-order chi connectivity index (χ1) is 12.0. The van der Waals surface area contributed by atoms with Crippen molar-refractivity contribution in [2.24, 2.45) is 5.92 Å². The molecule has 1 unspecified atom stereocenters. The summed E-state index contributed by atoms with van der Waals surface area (Å²) in [5.74, 6) is 0.0537. The molecule has 0 aromatic heterocycles.